The summed E-state index contributed by atoms with van der Waals surface area (Å²) >= 11 is 0. The standard InChI is InChI=1S/C5H9NO4.Mg/c6-3(5(9)10)1-2-4(7)8;/h3H,1-2,6H2,(H,7,8)(H,9,10);/p-2/t3-;/m0./s1. The molecule has 0 unspecified atom stereocenters. The van der Waals surface area contributed by atoms with E-state index in [1.54, 1.807) is 0 Å². The number of hydrogen-bond donors (Lipinski definition) is 1. The van der Waals surface area contributed by atoms with Crippen LogP contribution in [-0.2, 0) is 9.59 Å². The largest absolute Gasteiger partial charge is 0.550 e. The second-order valence-corrected chi connectivity index (χ2v) is 1.84. The van der Waals surface area contributed by atoms with Crippen molar-refractivity contribution in [3.8, 4) is 0 Å². The van der Waals surface area contributed by atoms with Crippen LogP contribution in [0.3, 0.4) is 0 Å². The van der Waals surface area contributed by atoms with Gasteiger partial charge < -0.3 is 25.5 Å². The van der Waals surface area contributed by atoms with Gasteiger partial charge in [0.1, 0.15) is 0 Å². The minimum absolute atomic E-state index is 0. The first kappa shape index (κ1) is 13.3. The molecule has 0 heterocycles. The molecule has 2 N–H and O–H groups in total. The number of aliphatic carboxylic acids is 2. The molecule has 0 bridgehead atoms. The molecule has 0 saturated carbocycles. The van der Waals surface area contributed by atoms with Crippen LogP contribution in [0.2, 0.25) is 0 Å². The fourth-order valence-corrected chi connectivity index (χ4v) is 0.391. The average molecular weight is 169 g/mol. The topological polar surface area (TPSA) is 106 Å². The van der Waals surface area contributed by atoms with Gasteiger partial charge in [-0.15, -0.1) is 0 Å². The Balaban J connectivity index is 0. The highest BCUT2D eigenvalue weighted by atomic mass is 24.3. The molecule has 2 radical (unpaired) electrons. The van der Waals surface area contributed by atoms with E-state index in [0.717, 1.165) is 0 Å². The number of carboxylic acids is 2. The van der Waals surface area contributed by atoms with Crippen LogP contribution in [-0.4, -0.2) is 41.0 Å². The zero-order valence-corrected chi connectivity index (χ0v) is 7.32. The molecule has 0 aromatic rings. The zero-order valence-electron chi connectivity index (χ0n) is 5.91. The van der Waals surface area contributed by atoms with Gasteiger partial charge in [0.15, 0.2) is 0 Å². The van der Waals surface area contributed by atoms with E-state index in [1.165, 1.54) is 0 Å². The molecule has 11 heavy (non-hydrogen) atoms. The molecule has 6 heteroatoms. The number of nitrogens with two attached hydrogens (primary N) is 1. The molecule has 60 valence electrons. The first-order valence-corrected chi connectivity index (χ1v) is 2.70. The Morgan fingerprint density at radius 3 is 2.09 bits per heavy atom. The third-order valence-corrected chi connectivity index (χ3v) is 0.962. The minimum Gasteiger partial charge on any atom is -0.550 e. The smallest absolute Gasteiger partial charge is 0.0582 e. The fraction of sp³-hybridized carbons (Fsp3) is 0.600. The Hall–Kier alpha value is -0.334. The summed E-state index contributed by atoms with van der Waals surface area (Å²) in [6.45, 7) is 0. The van der Waals surface area contributed by atoms with E-state index in [9.17, 15) is 19.8 Å². The van der Waals surface area contributed by atoms with Crippen molar-refractivity contribution in [1.29, 1.82) is 0 Å². The summed E-state index contributed by atoms with van der Waals surface area (Å²) < 4.78 is 0. The van der Waals surface area contributed by atoms with Crippen LogP contribution in [0.25, 0.3) is 0 Å². The second kappa shape index (κ2) is 6.38. The third kappa shape index (κ3) is 7.56. The van der Waals surface area contributed by atoms with Crippen molar-refractivity contribution in [2.45, 2.75) is 18.9 Å². The fourth-order valence-electron chi connectivity index (χ4n) is 0.391. The quantitative estimate of drug-likeness (QED) is 0.435. The van der Waals surface area contributed by atoms with Crippen molar-refractivity contribution in [2.75, 3.05) is 0 Å². The Morgan fingerprint density at radius 1 is 1.36 bits per heavy atom. The van der Waals surface area contributed by atoms with Crippen LogP contribution in [0.4, 0.5) is 0 Å². The van der Waals surface area contributed by atoms with Gasteiger partial charge >= 0.3 is 0 Å². The lowest BCUT2D eigenvalue weighted by atomic mass is 10.2. The summed E-state index contributed by atoms with van der Waals surface area (Å²) in [5, 5.41) is 19.6. The summed E-state index contributed by atoms with van der Waals surface area (Å²) in [5.41, 5.74) is 4.91. The van der Waals surface area contributed by atoms with Crippen LogP contribution in [0, 0.1) is 0 Å². The minimum atomic E-state index is -1.44. The maximum atomic E-state index is 9.86. The van der Waals surface area contributed by atoms with E-state index in [0.29, 0.717) is 0 Å². The molecule has 1 atom stereocenters. The van der Waals surface area contributed by atoms with E-state index in [4.69, 9.17) is 5.73 Å². The summed E-state index contributed by atoms with van der Waals surface area (Å²) in [4.78, 5) is 19.6. The molecule has 0 amide bonds. The van der Waals surface area contributed by atoms with Crippen molar-refractivity contribution >= 4 is 35.0 Å². The van der Waals surface area contributed by atoms with Crippen molar-refractivity contribution in [3.63, 3.8) is 0 Å². The lowest BCUT2D eigenvalue weighted by Crippen LogP contribution is -2.42. The monoisotopic (exact) mass is 169 g/mol. The highest BCUT2D eigenvalue weighted by Crippen LogP contribution is 1.90. The van der Waals surface area contributed by atoms with Crippen molar-refractivity contribution in [1.82, 2.24) is 0 Å². The Bertz CT molecular complexity index is 149. The molecular formula is C5H7MgNO4-2. The highest BCUT2D eigenvalue weighted by molar-refractivity contribution is 5.75. The van der Waals surface area contributed by atoms with Gasteiger partial charge in [0.2, 0.25) is 0 Å². The highest BCUT2D eigenvalue weighted by Gasteiger charge is 2.01. The van der Waals surface area contributed by atoms with E-state index < -0.39 is 18.0 Å². The number of hydrogen-bond acceptors (Lipinski definition) is 5. The molecule has 0 spiro atoms. The lowest BCUT2D eigenvalue weighted by Gasteiger charge is -2.11. The Morgan fingerprint density at radius 2 is 1.82 bits per heavy atom. The second-order valence-electron chi connectivity index (χ2n) is 1.84. The third-order valence-electron chi connectivity index (χ3n) is 0.962. The molecule has 0 aromatic heterocycles. The van der Waals surface area contributed by atoms with Crippen molar-refractivity contribution in [3.05, 3.63) is 0 Å². The van der Waals surface area contributed by atoms with E-state index in [1.807, 2.05) is 0 Å². The summed E-state index contributed by atoms with van der Waals surface area (Å²) in [7, 11) is 0. The van der Waals surface area contributed by atoms with Crippen molar-refractivity contribution in [2.24, 2.45) is 5.73 Å². The molecule has 0 aliphatic heterocycles. The zero-order chi connectivity index (χ0) is 8.15. The average Bonchev–Trinajstić information content (AvgIpc) is 1.82. The molecule has 0 aliphatic carbocycles. The molecule has 0 saturated heterocycles. The van der Waals surface area contributed by atoms with E-state index >= 15 is 0 Å². The maximum Gasteiger partial charge on any atom is 0.0582 e. The van der Waals surface area contributed by atoms with Gasteiger partial charge in [-0.25, -0.2) is 0 Å². The Kier molecular flexibility index (Phi) is 7.70. The first-order valence-electron chi connectivity index (χ1n) is 2.70. The van der Waals surface area contributed by atoms with Gasteiger partial charge in [-0.2, -0.15) is 0 Å². The van der Waals surface area contributed by atoms with Gasteiger partial charge in [0.05, 0.1) is 5.97 Å². The molecular weight excluding hydrogens is 162 g/mol. The predicted molar refractivity (Wildman–Crippen MR) is 33.0 cm³/mol. The summed E-state index contributed by atoms with van der Waals surface area (Å²) in [6.07, 6.45) is -0.500. The summed E-state index contributed by atoms with van der Waals surface area (Å²) in [6, 6.07) is -1.21. The molecule has 0 rings (SSSR count). The number of carbonyl (C=O) groups is 2. The molecule has 0 aromatic carbocycles. The predicted octanol–water partition coefficient (Wildman–Crippen LogP) is -3.79. The van der Waals surface area contributed by atoms with Crippen molar-refractivity contribution < 1.29 is 19.8 Å². The van der Waals surface area contributed by atoms with Crippen LogP contribution in [0.5, 0.6) is 0 Å². The first-order chi connectivity index (χ1) is 4.54. The van der Waals surface area contributed by atoms with Crippen LogP contribution in [0.1, 0.15) is 12.8 Å². The van der Waals surface area contributed by atoms with Gasteiger partial charge in [-0.05, 0) is 12.8 Å². The van der Waals surface area contributed by atoms with Crippen LogP contribution in [0.15, 0.2) is 0 Å². The molecule has 5 nitrogen and oxygen atoms in total. The number of carboxylic acid groups (broad SMARTS) is 2. The van der Waals surface area contributed by atoms with Crippen LogP contribution >= 0.6 is 0 Å². The lowest BCUT2D eigenvalue weighted by molar-refractivity contribution is -0.309. The summed E-state index contributed by atoms with van der Waals surface area (Å²) in [5.74, 6) is -2.75. The molecule has 0 fully saturated rings. The normalized spacial score (nSPS) is 11.4. The maximum absolute atomic E-state index is 9.86. The van der Waals surface area contributed by atoms with E-state index in [2.05, 4.69) is 0 Å². The van der Waals surface area contributed by atoms with E-state index in [-0.39, 0.29) is 35.9 Å². The van der Waals surface area contributed by atoms with Gasteiger partial charge in [-0.1, -0.05) is 0 Å². The number of carbonyl (C=O) groups excluding carboxylic acids is 2. The number of rotatable bonds is 4. The SMILES string of the molecule is N[C@@H](CCC(=O)[O-])C(=O)[O-].[Mg]. The Labute approximate surface area is 79.7 Å². The van der Waals surface area contributed by atoms with Gasteiger partial charge in [-0.3, -0.25) is 0 Å². The van der Waals surface area contributed by atoms with Gasteiger partial charge in [0.25, 0.3) is 0 Å². The molecule has 0 aliphatic rings. The van der Waals surface area contributed by atoms with Crippen LogP contribution < -0.4 is 15.9 Å². The van der Waals surface area contributed by atoms with Gasteiger partial charge in [0, 0.05) is 35.1 Å².